The van der Waals surface area contributed by atoms with E-state index in [9.17, 15) is 4.79 Å². The Bertz CT molecular complexity index is 255. The third-order valence-electron chi connectivity index (χ3n) is 4.36. The van der Waals surface area contributed by atoms with Crippen molar-refractivity contribution in [1.29, 1.82) is 0 Å². The quantitative estimate of drug-likeness (QED) is 0.675. The minimum absolute atomic E-state index is 0.468. The molecule has 16 heavy (non-hydrogen) atoms. The van der Waals surface area contributed by atoms with Crippen LogP contribution in [-0.2, 0) is 4.79 Å². The lowest BCUT2D eigenvalue weighted by atomic mass is 9.91. The van der Waals surface area contributed by atoms with E-state index in [1.54, 1.807) is 0 Å². The first kappa shape index (κ1) is 12.1. The summed E-state index contributed by atoms with van der Waals surface area (Å²) in [5.41, 5.74) is 0. The summed E-state index contributed by atoms with van der Waals surface area (Å²) in [5, 5.41) is 0. The molecule has 3 heteroatoms. The predicted molar refractivity (Wildman–Crippen MR) is 65.5 cm³/mol. The second-order valence-electron chi connectivity index (χ2n) is 5.61. The van der Waals surface area contributed by atoms with Crippen LogP contribution in [0.25, 0.3) is 0 Å². The van der Waals surface area contributed by atoms with Crippen LogP contribution < -0.4 is 0 Å². The molecule has 3 nitrogen and oxygen atoms in total. The van der Waals surface area contributed by atoms with Crippen molar-refractivity contribution in [2.45, 2.75) is 57.7 Å². The second kappa shape index (κ2) is 4.84. The fourth-order valence-electron chi connectivity index (χ4n) is 3.06. The Hall–Kier alpha value is -0.410. The minimum Gasteiger partial charge on any atom is -0.300 e. The lowest BCUT2D eigenvalue weighted by molar-refractivity contribution is -0.122. The van der Waals surface area contributed by atoms with E-state index in [-0.39, 0.29) is 0 Å². The SMILES string of the molecule is CC1CN(C2CCCC(=O)C2)CC(C)N1C. The van der Waals surface area contributed by atoms with E-state index in [4.69, 9.17) is 0 Å². The maximum atomic E-state index is 11.5. The molecular formula is C13H24N2O. The Morgan fingerprint density at radius 1 is 1.19 bits per heavy atom. The molecule has 0 radical (unpaired) electrons. The summed E-state index contributed by atoms with van der Waals surface area (Å²) in [7, 11) is 2.21. The minimum atomic E-state index is 0.468. The van der Waals surface area contributed by atoms with Crippen LogP contribution >= 0.6 is 0 Å². The van der Waals surface area contributed by atoms with Crippen LogP contribution in [0.2, 0.25) is 0 Å². The van der Waals surface area contributed by atoms with E-state index in [2.05, 4.69) is 30.7 Å². The Morgan fingerprint density at radius 3 is 2.38 bits per heavy atom. The van der Waals surface area contributed by atoms with Crippen LogP contribution in [-0.4, -0.2) is 53.8 Å². The zero-order valence-electron chi connectivity index (χ0n) is 10.8. The number of hydrogen-bond donors (Lipinski definition) is 0. The van der Waals surface area contributed by atoms with Gasteiger partial charge in [-0.15, -0.1) is 0 Å². The van der Waals surface area contributed by atoms with Crippen LogP contribution in [0.5, 0.6) is 0 Å². The van der Waals surface area contributed by atoms with Gasteiger partial charge >= 0.3 is 0 Å². The molecule has 1 aliphatic heterocycles. The lowest BCUT2D eigenvalue weighted by Gasteiger charge is -2.46. The van der Waals surface area contributed by atoms with Crippen LogP contribution in [0.3, 0.4) is 0 Å². The summed E-state index contributed by atoms with van der Waals surface area (Å²) in [6.45, 7) is 6.82. The van der Waals surface area contributed by atoms with Crippen LogP contribution in [0.4, 0.5) is 0 Å². The van der Waals surface area contributed by atoms with Crippen LogP contribution in [0, 0.1) is 0 Å². The topological polar surface area (TPSA) is 23.6 Å². The Balaban J connectivity index is 1.96. The lowest BCUT2D eigenvalue weighted by Crippen LogP contribution is -2.58. The Kier molecular flexibility index (Phi) is 3.65. The molecule has 0 aromatic rings. The van der Waals surface area contributed by atoms with Crippen molar-refractivity contribution in [3.63, 3.8) is 0 Å². The van der Waals surface area contributed by atoms with Gasteiger partial charge in [-0.25, -0.2) is 0 Å². The van der Waals surface area contributed by atoms with Gasteiger partial charge in [-0.2, -0.15) is 0 Å². The monoisotopic (exact) mass is 224 g/mol. The highest BCUT2D eigenvalue weighted by Crippen LogP contribution is 2.24. The maximum absolute atomic E-state index is 11.5. The molecule has 0 aromatic heterocycles. The first-order valence-electron chi connectivity index (χ1n) is 6.55. The largest absolute Gasteiger partial charge is 0.300 e. The van der Waals surface area contributed by atoms with Gasteiger partial charge in [0.1, 0.15) is 5.78 Å². The molecule has 1 aliphatic carbocycles. The van der Waals surface area contributed by atoms with E-state index in [1.807, 2.05) is 0 Å². The third kappa shape index (κ3) is 2.46. The first-order valence-corrected chi connectivity index (χ1v) is 6.55. The molecule has 2 fully saturated rings. The van der Waals surface area contributed by atoms with Gasteiger partial charge < -0.3 is 0 Å². The average molecular weight is 224 g/mol. The van der Waals surface area contributed by atoms with Crippen LogP contribution in [0.15, 0.2) is 0 Å². The molecule has 0 amide bonds. The number of Topliss-reactive ketones (excluding diaryl/α,β-unsaturated/α-hetero) is 1. The number of hydrogen-bond acceptors (Lipinski definition) is 3. The van der Waals surface area contributed by atoms with Gasteiger partial charge in [0.15, 0.2) is 0 Å². The van der Waals surface area contributed by atoms with Crippen molar-refractivity contribution >= 4 is 5.78 Å². The van der Waals surface area contributed by atoms with E-state index in [1.165, 1.54) is 6.42 Å². The van der Waals surface area contributed by atoms with Crippen molar-refractivity contribution in [3.05, 3.63) is 0 Å². The highest BCUT2D eigenvalue weighted by molar-refractivity contribution is 5.79. The summed E-state index contributed by atoms with van der Waals surface area (Å²) >= 11 is 0. The smallest absolute Gasteiger partial charge is 0.134 e. The summed E-state index contributed by atoms with van der Waals surface area (Å²) in [4.78, 5) is 16.5. The van der Waals surface area contributed by atoms with Crippen molar-refractivity contribution in [2.24, 2.45) is 0 Å². The fraction of sp³-hybridized carbons (Fsp3) is 0.923. The van der Waals surface area contributed by atoms with Gasteiger partial charge in [0.2, 0.25) is 0 Å². The summed E-state index contributed by atoms with van der Waals surface area (Å²) in [6.07, 6.45) is 3.92. The Labute approximate surface area is 98.8 Å². The molecule has 0 spiro atoms. The second-order valence-corrected chi connectivity index (χ2v) is 5.61. The molecule has 0 aromatic carbocycles. The van der Waals surface area contributed by atoms with E-state index in [0.717, 1.165) is 32.4 Å². The number of carbonyl (C=O) groups is 1. The number of ketones is 1. The van der Waals surface area contributed by atoms with E-state index >= 15 is 0 Å². The molecule has 92 valence electrons. The molecule has 1 saturated heterocycles. The predicted octanol–water partition coefficient (Wildman–Crippen LogP) is 1.52. The number of likely N-dealkylation sites (N-methyl/N-ethyl adjacent to an activating group) is 1. The summed E-state index contributed by atoms with van der Waals surface area (Å²) in [6, 6.07) is 1.75. The molecule has 1 saturated carbocycles. The average Bonchev–Trinajstić information content (AvgIpc) is 2.25. The van der Waals surface area contributed by atoms with E-state index < -0.39 is 0 Å². The van der Waals surface area contributed by atoms with Crippen molar-refractivity contribution in [2.75, 3.05) is 20.1 Å². The standard InChI is InChI=1S/C13H24N2O/c1-10-8-15(9-11(2)14(10)3)12-5-4-6-13(16)7-12/h10-12H,4-9H2,1-3H3. The van der Waals surface area contributed by atoms with Crippen molar-refractivity contribution in [3.8, 4) is 0 Å². The molecule has 0 bridgehead atoms. The molecule has 1 heterocycles. The fourth-order valence-corrected chi connectivity index (χ4v) is 3.06. The van der Waals surface area contributed by atoms with Gasteiger partial charge in [-0.1, -0.05) is 0 Å². The number of nitrogens with zero attached hydrogens (tertiary/aromatic N) is 2. The maximum Gasteiger partial charge on any atom is 0.134 e. The number of carbonyl (C=O) groups excluding carboxylic acids is 1. The third-order valence-corrected chi connectivity index (χ3v) is 4.36. The zero-order valence-corrected chi connectivity index (χ0v) is 10.8. The first-order chi connectivity index (χ1) is 7.58. The summed E-state index contributed by atoms with van der Waals surface area (Å²) < 4.78 is 0. The Morgan fingerprint density at radius 2 is 1.81 bits per heavy atom. The summed E-state index contributed by atoms with van der Waals surface area (Å²) in [5.74, 6) is 0.468. The number of rotatable bonds is 1. The van der Waals surface area contributed by atoms with Gasteiger partial charge in [-0.05, 0) is 33.7 Å². The highest BCUT2D eigenvalue weighted by atomic mass is 16.1. The molecule has 2 rings (SSSR count). The van der Waals surface area contributed by atoms with Gasteiger partial charge in [0.05, 0.1) is 0 Å². The molecule has 3 unspecified atom stereocenters. The normalized spacial score (nSPS) is 38.9. The van der Waals surface area contributed by atoms with E-state index in [0.29, 0.717) is 23.9 Å². The van der Waals surface area contributed by atoms with Crippen molar-refractivity contribution in [1.82, 2.24) is 9.80 Å². The highest BCUT2D eigenvalue weighted by Gasteiger charge is 2.32. The van der Waals surface area contributed by atoms with Crippen LogP contribution in [0.1, 0.15) is 39.5 Å². The molecular weight excluding hydrogens is 200 g/mol. The van der Waals surface area contributed by atoms with Gasteiger partial charge in [0.25, 0.3) is 0 Å². The van der Waals surface area contributed by atoms with Crippen molar-refractivity contribution < 1.29 is 4.79 Å². The van der Waals surface area contributed by atoms with Gasteiger partial charge in [0, 0.05) is 44.1 Å². The number of piperazine rings is 1. The zero-order chi connectivity index (χ0) is 11.7. The molecule has 3 atom stereocenters. The molecule has 2 aliphatic rings. The molecule has 0 N–H and O–H groups in total. The van der Waals surface area contributed by atoms with Gasteiger partial charge in [-0.3, -0.25) is 14.6 Å².